The Kier molecular flexibility index (Phi) is 4.69. The molecule has 0 aromatic carbocycles. The summed E-state index contributed by atoms with van der Waals surface area (Å²) in [6, 6.07) is 1.54. The minimum absolute atomic E-state index is 0.0876. The first-order valence-electron chi connectivity index (χ1n) is 5.87. The zero-order valence-electron chi connectivity index (χ0n) is 11.3. The molecule has 0 fully saturated rings. The molecule has 1 rings (SSSR count). The maximum atomic E-state index is 11.5. The molecule has 0 bridgehead atoms. The Morgan fingerprint density at radius 2 is 1.94 bits per heavy atom. The van der Waals surface area contributed by atoms with Gasteiger partial charge in [-0.1, -0.05) is 13.8 Å². The molecule has 0 aliphatic rings. The molecule has 0 aliphatic heterocycles. The minimum Gasteiger partial charge on any atom is -0.358 e. The SMILES string of the molecule is CC(C)c1nc(N(C)CCN(C)C)cc(=O)[nH]1. The smallest absolute Gasteiger partial charge is 0.252 e. The molecule has 0 radical (unpaired) electrons. The number of aromatic nitrogens is 2. The highest BCUT2D eigenvalue weighted by Gasteiger charge is 2.08. The quantitative estimate of drug-likeness (QED) is 0.828. The normalized spacial score (nSPS) is 11.2. The fourth-order valence-electron chi connectivity index (χ4n) is 1.40. The first-order valence-corrected chi connectivity index (χ1v) is 5.87. The van der Waals surface area contributed by atoms with E-state index in [0.29, 0.717) is 0 Å². The molecule has 1 heterocycles. The van der Waals surface area contributed by atoms with Crippen LogP contribution < -0.4 is 10.5 Å². The van der Waals surface area contributed by atoms with E-state index in [1.807, 2.05) is 39.9 Å². The lowest BCUT2D eigenvalue weighted by molar-refractivity contribution is 0.416. The van der Waals surface area contributed by atoms with Crippen molar-refractivity contribution in [3.63, 3.8) is 0 Å². The van der Waals surface area contributed by atoms with Crippen molar-refractivity contribution in [3.05, 3.63) is 22.2 Å². The molecule has 0 saturated heterocycles. The predicted octanol–water partition coefficient (Wildman–Crippen LogP) is 0.891. The van der Waals surface area contributed by atoms with E-state index in [2.05, 4.69) is 14.9 Å². The average Bonchev–Trinajstić information content (AvgIpc) is 2.24. The van der Waals surface area contributed by atoms with Gasteiger partial charge in [0, 0.05) is 32.1 Å². The van der Waals surface area contributed by atoms with Crippen LogP contribution >= 0.6 is 0 Å². The van der Waals surface area contributed by atoms with E-state index < -0.39 is 0 Å². The predicted molar refractivity (Wildman–Crippen MR) is 70.8 cm³/mol. The van der Waals surface area contributed by atoms with Gasteiger partial charge < -0.3 is 14.8 Å². The third-order valence-electron chi connectivity index (χ3n) is 2.57. The summed E-state index contributed by atoms with van der Waals surface area (Å²) in [4.78, 5) is 22.9. The zero-order valence-corrected chi connectivity index (χ0v) is 11.3. The minimum atomic E-state index is -0.0876. The molecule has 1 aromatic heterocycles. The molecular formula is C12H22N4O. The third kappa shape index (κ3) is 4.19. The lowest BCUT2D eigenvalue weighted by atomic mass is 10.2. The Bertz CT molecular complexity index is 411. The van der Waals surface area contributed by atoms with Crippen molar-refractivity contribution < 1.29 is 0 Å². The highest BCUT2D eigenvalue weighted by Crippen LogP contribution is 2.11. The van der Waals surface area contributed by atoms with Gasteiger partial charge in [-0.25, -0.2) is 4.98 Å². The van der Waals surface area contributed by atoms with Gasteiger partial charge in [-0.05, 0) is 14.1 Å². The molecule has 0 amide bonds. The van der Waals surface area contributed by atoms with E-state index in [4.69, 9.17) is 0 Å². The van der Waals surface area contributed by atoms with Crippen LogP contribution in [-0.4, -0.2) is 49.1 Å². The van der Waals surface area contributed by atoms with Gasteiger partial charge in [0.25, 0.3) is 5.56 Å². The van der Waals surface area contributed by atoms with Crippen LogP contribution in [0.15, 0.2) is 10.9 Å². The number of H-pyrrole nitrogens is 1. The molecule has 0 atom stereocenters. The monoisotopic (exact) mass is 238 g/mol. The topological polar surface area (TPSA) is 52.2 Å². The first kappa shape index (κ1) is 13.7. The summed E-state index contributed by atoms with van der Waals surface area (Å²) < 4.78 is 0. The molecule has 0 unspecified atom stereocenters. The van der Waals surface area contributed by atoms with Crippen molar-refractivity contribution in [1.82, 2.24) is 14.9 Å². The Labute approximate surface area is 102 Å². The lowest BCUT2D eigenvalue weighted by Gasteiger charge is -2.21. The van der Waals surface area contributed by atoms with Gasteiger partial charge in [0.2, 0.25) is 0 Å². The number of rotatable bonds is 5. The Morgan fingerprint density at radius 3 is 2.47 bits per heavy atom. The first-order chi connectivity index (χ1) is 7.90. The maximum Gasteiger partial charge on any atom is 0.252 e. The number of likely N-dealkylation sites (N-methyl/N-ethyl adjacent to an activating group) is 2. The Balaban J connectivity index is 2.86. The van der Waals surface area contributed by atoms with Crippen molar-refractivity contribution in [3.8, 4) is 0 Å². The standard InChI is InChI=1S/C12H22N4O/c1-9(2)12-13-10(8-11(17)14-12)16(5)7-6-15(3)4/h8-9H,6-7H2,1-5H3,(H,13,14,17). The Morgan fingerprint density at radius 1 is 1.29 bits per heavy atom. The van der Waals surface area contributed by atoms with Crippen molar-refractivity contribution in [1.29, 1.82) is 0 Å². The summed E-state index contributed by atoms with van der Waals surface area (Å²) in [5.41, 5.74) is -0.0876. The third-order valence-corrected chi connectivity index (χ3v) is 2.57. The second kappa shape index (κ2) is 5.82. The fraction of sp³-hybridized carbons (Fsp3) is 0.667. The van der Waals surface area contributed by atoms with Crippen LogP contribution in [0.5, 0.6) is 0 Å². The molecule has 5 heteroatoms. The van der Waals surface area contributed by atoms with Gasteiger partial charge in [0.15, 0.2) is 0 Å². The van der Waals surface area contributed by atoms with Crippen molar-refractivity contribution in [2.45, 2.75) is 19.8 Å². The summed E-state index contributed by atoms with van der Waals surface area (Å²) in [7, 11) is 6.01. The van der Waals surface area contributed by atoms with Gasteiger partial charge in [0.05, 0.1) is 0 Å². The number of hydrogen-bond donors (Lipinski definition) is 1. The van der Waals surface area contributed by atoms with Gasteiger partial charge in [-0.2, -0.15) is 0 Å². The summed E-state index contributed by atoms with van der Waals surface area (Å²) >= 11 is 0. The van der Waals surface area contributed by atoms with E-state index in [0.717, 1.165) is 24.7 Å². The molecular weight excluding hydrogens is 216 g/mol. The number of aromatic amines is 1. The van der Waals surface area contributed by atoms with E-state index in [1.165, 1.54) is 0 Å². The van der Waals surface area contributed by atoms with E-state index in [1.54, 1.807) is 6.07 Å². The zero-order chi connectivity index (χ0) is 13.0. The maximum absolute atomic E-state index is 11.5. The molecule has 0 spiro atoms. The largest absolute Gasteiger partial charge is 0.358 e. The Hall–Kier alpha value is -1.36. The molecule has 17 heavy (non-hydrogen) atoms. The highest BCUT2D eigenvalue weighted by atomic mass is 16.1. The second-order valence-corrected chi connectivity index (χ2v) is 4.87. The van der Waals surface area contributed by atoms with Crippen LogP contribution in [-0.2, 0) is 0 Å². The van der Waals surface area contributed by atoms with Crippen LogP contribution in [0.1, 0.15) is 25.6 Å². The number of nitrogens with one attached hydrogen (secondary N) is 1. The highest BCUT2D eigenvalue weighted by molar-refractivity contribution is 5.36. The van der Waals surface area contributed by atoms with E-state index >= 15 is 0 Å². The molecule has 1 aromatic rings. The molecule has 5 nitrogen and oxygen atoms in total. The summed E-state index contributed by atoms with van der Waals surface area (Å²) in [6.45, 7) is 5.81. The van der Waals surface area contributed by atoms with Crippen LogP contribution in [0.4, 0.5) is 5.82 Å². The van der Waals surface area contributed by atoms with Gasteiger partial charge >= 0.3 is 0 Å². The lowest BCUT2D eigenvalue weighted by Crippen LogP contribution is -2.30. The van der Waals surface area contributed by atoms with Crippen molar-refractivity contribution in [2.24, 2.45) is 0 Å². The van der Waals surface area contributed by atoms with E-state index in [-0.39, 0.29) is 11.5 Å². The van der Waals surface area contributed by atoms with Crippen molar-refractivity contribution >= 4 is 5.82 Å². The molecule has 0 aliphatic carbocycles. The van der Waals surface area contributed by atoms with Gasteiger partial charge in [0.1, 0.15) is 11.6 Å². The summed E-state index contributed by atoms with van der Waals surface area (Å²) in [5.74, 6) is 1.70. The molecule has 96 valence electrons. The van der Waals surface area contributed by atoms with Gasteiger partial charge in [-0.3, -0.25) is 4.79 Å². The van der Waals surface area contributed by atoms with Crippen LogP contribution in [0, 0.1) is 0 Å². The van der Waals surface area contributed by atoms with Crippen molar-refractivity contribution in [2.75, 3.05) is 39.1 Å². The fourth-order valence-corrected chi connectivity index (χ4v) is 1.40. The molecule has 1 N–H and O–H groups in total. The van der Waals surface area contributed by atoms with E-state index in [9.17, 15) is 4.79 Å². The van der Waals surface area contributed by atoms with Crippen LogP contribution in [0.2, 0.25) is 0 Å². The van der Waals surface area contributed by atoms with Crippen LogP contribution in [0.3, 0.4) is 0 Å². The average molecular weight is 238 g/mol. The van der Waals surface area contributed by atoms with Gasteiger partial charge in [-0.15, -0.1) is 0 Å². The number of nitrogens with zero attached hydrogens (tertiary/aromatic N) is 3. The second-order valence-electron chi connectivity index (χ2n) is 4.87. The number of hydrogen-bond acceptors (Lipinski definition) is 4. The van der Waals surface area contributed by atoms with Crippen LogP contribution in [0.25, 0.3) is 0 Å². The summed E-state index contributed by atoms with van der Waals surface area (Å²) in [6.07, 6.45) is 0. The molecule has 0 saturated carbocycles. The number of anilines is 1. The summed E-state index contributed by atoms with van der Waals surface area (Å²) in [5, 5.41) is 0.